The van der Waals surface area contributed by atoms with Crippen LogP contribution >= 0.6 is 38.5 Å². The van der Waals surface area contributed by atoms with Crippen LogP contribution in [0.15, 0.2) is 39.4 Å². The summed E-state index contributed by atoms with van der Waals surface area (Å²) in [5.74, 6) is 0.940. The first-order valence-electron chi connectivity index (χ1n) is 4.18. The van der Waals surface area contributed by atoms with E-state index in [1.807, 2.05) is 31.2 Å². The molecule has 0 fully saturated rings. The molecule has 0 aliphatic carbocycles. The Morgan fingerprint density at radius 1 is 1.29 bits per heavy atom. The van der Waals surface area contributed by atoms with E-state index in [9.17, 15) is 0 Å². The van der Waals surface area contributed by atoms with Gasteiger partial charge in [-0.05, 0) is 35.6 Å². The molecule has 0 N–H and O–H groups in total. The number of hydrogen-bond donors (Lipinski definition) is 0. The van der Waals surface area contributed by atoms with E-state index in [0.717, 1.165) is 15.8 Å². The summed E-state index contributed by atoms with van der Waals surface area (Å²) in [7, 11) is 0. The molecular formula is C11H8BrIO. The normalized spacial score (nSPS) is 10.5. The molecule has 0 aliphatic rings. The number of aryl methyl sites for hydroxylation is 1. The minimum atomic E-state index is 0.940. The number of benzene rings is 1. The molecule has 0 saturated carbocycles. The fourth-order valence-corrected chi connectivity index (χ4v) is 2.27. The molecule has 1 aromatic carbocycles. The van der Waals surface area contributed by atoms with Gasteiger partial charge in [0.25, 0.3) is 0 Å². The summed E-state index contributed by atoms with van der Waals surface area (Å²) >= 11 is 5.82. The predicted molar refractivity (Wildman–Crippen MR) is 69.3 cm³/mol. The molecule has 1 nitrogen and oxygen atoms in total. The number of halogens is 2. The maximum absolute atomic E-state index is 5.52. The van der Waals surface area contributed by atoms with Crippen LogP contribution in [0.3, 0.4) is 0 Å². The Morgan fingerprint density at radius 3 is 2.57 bits per heavy atom. The second-order valence-electron chi connectivity index (χ2n) is 3.04. The van der Waals surface area contributed by atoms with E-state index in [0.29, 0.717) is 0 Å². The van der Waals surface area contributed by atoms with Gasteiger partial charge in [0.05, 0.1) is 9.83 Å². The van der Waals surface area contributed by atoms with Crippen molar-refractivity contribution in [3.63, 3.8) is 0 Å². The largest absolute Gasteiger partial charge is 0.463 e. The highest BCUT2D eigenvalue weighted by Gasteiger charge is 2.12. The Kier molecular flexibility index (Phi) is 2.97. The Hall–Kier alpha value is -0.290. The Labute approximate surface area is 105 Å². The topological polar surface area (TPSA) is 13.1 Å². The highest BCUT2D eigenvalue weighted by atomic mass is 127. The summed E-state index contributed by atoms with van der Waals surface area (Å²) in [6.45, 7) is 2.05. The van der Waals surface area contributed by atoms with Gasteiger partial charge in [0.15, 0.2) is 0 Å². The predicted octanol–water partition coefficient (Wildman–Crippen LogP) is 4.62. The Balaban J connectivity index is 2.60. The summed E-state index contributed by atoms with van der Waals surface area (Å²) in [5, 5.41) is 0. The lowest BCUT2D eigenvalue weighted by Crippen LogP contribution is -1.79. The zero-order valence-electron chi connectivity index (χ0n) is 7.55. The Morgan fingerprint density at radius 2 is 2.00 bits per heavy atom. The molecule has 14 heavy (non-hydrogen) atoms. The summed E-state index contributed by atoms with van der Waals surface area (Å²) in [6.07, 6.45) is 1.79. The van der Waals surface area contributed by atoms with Gasteiger partial charge in [-0.15, -0.1) is 0 Å². The van der Waals surface area contributed by atoms with E-state index in [1.54, 1.807) is 6.26 Å². The van der Waals surface area contributed by atoms with Gasteiger partial charge in [-0.3, -0.25) is 0 Å². The molecule has 72 valence electrons. The van der Waals surface area contributed by atoms with Crippen molar-refractivity contribution in [1.82, 2.24) is 0 Å². The number of hydrogen-bond acceptors (Lipinski definition) is 1. The molecule has 0 unspecified atom stereocenters. The van der Waals surface area contributed by atoms with Crippen LogP contribution in [-0.4, -0.2) is 0 Å². The first-order chi connectivity index (χ1) is 6.70. The summed E-state index contributed by atoms with van der Waals surface area (Å²) in [6, 6.07) is 8.07. The lowest BCUT2D eigenvalue weighted by Gasteiger charge is -2.00. The number of furan rings is 1. The van der Waals surface area contributed by atoms with Crippen molar-refractivity contribution in [3.8, 4) is 11.3 Å². The molecule has 0 aliphatic heterocycles. The summed E-state index contributed by atoms with van der Waals surface area (Å²) in [4.78, 5) is 0. The maximum Gasteiger partial charge on any atom is 0.148 e. The van der Waals surface area contributed by atoms with Crippen LogP contribution in [-0.2, 0) is 0 Å². The molecule has 0 radical (unpaired) electrons. The molecule has 2 aromatic rings. The van der Waals surface area contributed by atoms with Crippen molar-refractivity contribution >= 4 is 38.5 Å². The fraction of sp³-hybridized carbons (Fsp3) is 0.0909. The molecule has 0 bridgehead atoms. The van der Waals surface area contributed by atoms with Crippen LogP contribution in [0, 0.1) is 10.5 Å². The van der Waals surface area contributed by atoms with Crippen molar-refractivity contribution < 1.29 is 4.42 Å². The average molecular weight is 363 g/mol. The lowest BCUT2D eigenvalue weighted by molar-refractivity contribution is 0.579. The number of rotatable bonds is 1. The van der Waals surface area contributed by atoms with Gasteiger partial charge in [0.1, 0.15) is 5.76 Å². The monoisotopic (exact) mass is 362 g/mol. The van der Waals surface area contributed by atoms with E-state index in [1.165, 1.54) is 9.13 Å². The smallest absolute Gasteiger partial charge is 0.148 e. The molecule has 2 rings (SSSR count). The third-order valence-corrected chi connectivity index (χ3v) is 4.05. The molecular weight excluding hydrogens is 355 g/mol. The molecule has 3 heteroatoms. The second-order valence-corrected chi connectivity index (χ2v) is 4.97. The van der Waals surface area contributed by atoms with Crippen LogP contribution in [0.5, 0.6) is 0 Å². The first-order valence-corrected chi connectivity index (χ1v) is 6.06. The van der Waals surface area contributed by atoms with E-state index < -0.39 is 0 Å². The van der Waals surface area contributed by atoms with Gasteiger partial charge in [-0.2, -0.15) is 0 Å². The van der Waals surface area contributed by atoms with Crippen molar-refractivity contribution in [2.45, 2.75) is 6.92 Å². The quantitative estimate of drug-likeness (QED) is 0.674. The lowest BCUT2D eigenvalue weighted by atomic mass is 10.1. The molecule has 0 spiro atoms. The van der Waals surface area contributed by atoms with Gasteiger partial charge in [-0.1, -0.05) is 34.1 Å². The minimum absolute atomic E-state index is 0.940. The second kappa shape index (κ2) is 4.06. The minimum Gasteiger partial charge on any atom is -0.463 e. The highest BCUT2D eigenvalue weighted by Crippen LogP contribution is 2.33. The van der Waals surface area contributed by atoms with Crippen molar-refractivity contribution in [2.75, 3.05) is 0 Å². The van der Waals surface area contributed by atoms with Gasteiger partial charge in [-0.25, -0.2) is 0 Å². The van der Waals surface area contributed by atoms with E-state index in [-0.39, 0.29) is 0 Å². The third-order valence-electron chi connectivity index (χ3n) is 2.02. The van der Waals surface area contributed by atoms with E-state index in [4.69, 9.17) is 4.42 Å². The standard InChI is InChI=1S/C11H8BrIO/c1-7-6-14-11(10(7)13)8-4-2-3-5-9(8)12/h2-6H,1H3. The van der Waals surface area contributed by atoms with Crippen molar-refractivity contribution in [2.24, 2.45) is 0 Å². The van der Waals surface area contributed by atoms with Crippen LogP contribution in [0.2, 0.25) is 0 Å². The van der Waals surface area contributed by atoms with Crippen molar-refractivity contribution in [1.29, 1.82) is 0 Å². The molecule has 1 heterocycles. The SMILES string of the molecule is Cc1coc(-c2ccccc2Br)c1I. The van der Waals surface area contributed by atoms with Gasteiger partial charge in [0.2, 0.25) is 0 Å². The van der Waals surface area contributed by atoms with Crippen LogP contribution < -0.4 is 0 Å². The average Bonchev–Trinajstić information content (AvgIpc) is 2.49. The maximum atomic E-state index is 5.52. The first kappa shape index (κ1) is 10.2. The van der Waals surface area contributed by atoms with Gasteiger partial charge >= 0.3 is 0 Å². The third kappa shape index (κ3) is 1.75. The van der Waals surface area contributed by atoms with E-state index >= 15 is 0 Å². The van der Waals surface area contributed by atoms with Crippen LogP contribution in [0.4, 0.5) is 0 Å². The molecule has 1 aromatic heterocycles. The highest BCUT2D eigenvalue weighted by molar-refractivity contribution is 14.1. The fourth-order valence-electron chi connectivity index (χ4n) is 1.26. The summed E-state index contributed by atoms with van der Waals surface area (Å²) in [5.41, 5.74) is 2.28. The van der Waals surface area contributed by atoms with Gasteiger partial charge in [0, 0.05) is 15.6 Å². The van der Waals surface area contributed by atoms with Gasteiger partial charge < -0.3 is 4.42 Å². The van der Waals surface area contributed by atoms with Crippen LogP contribution in [0.25, 0.3) is 11.3 Å². The zero-order valence-corrected chi connectivity index (χ0v) is 11.3. The molecule has 0 saturated heterocycles. The molecule has 0 atom stereocenters. The van der Waals surface area contributed by atoms with Crippen LogP contribution in [0.1, 0.15) is 5.56 Å². The van der Waals surface area contributed by atoms with Crippen molar-refractivity contribution in [3.05, 3.63) is 44.1 Å². The zero-order chi connectivity index (χ0) is 10.1. The van der Waals surface area contributed by atoms with E-state index in [2.05, 4.69) is 38.5 Å². The summed E-state index contributed by atoms with van der Waals surface area (Å²) < 4.78 is 7.76. The molecule has 0 amide bonds. The Bertz CT molecular complexity index is 462.